The molecule has 4 rings (SSSR count). The van der Waals surface area contributed by atoms with Crippen LogP contribution in [0.5, 0.6) is 5.75 Å². The largest absolute Gasteiger partial charge is 0.487 e. The van der Waals surface area contributed by atoms with Gasteiger partial charge >= 0.3 is 5.57 Å². The predicted octanol–water partition coefficient (Wildman–Crippen LogP) is 4.23. The number of nitro groups is 1. The maximum Gasteiger partial charge on any atom is 0.487 e. The molecule has 0 aliphatic carbocycles. The Morgan fingerprint density at radius 1 is 1.16 bits per heavy atom. The third kappa shape index (κ3) is 6.49. The number of anilines is 3. The van der Waals surface area contributed by atoms with E-state index in [4.69, 9.17) is 11.6 Å². The van der Waals surface area contributed by atoms with Crippen molar-refractivity contribution in [3.05, 3.63) is 82.0 Å². The van der Waals surface area contributed by atoms with Crippen LogP contribution in [0.4, 0.5) is 31.7 Å². The van der Waals surface area contributed by atoms with E-state index < -0.39 is 34.1 Å². The molecule has 0 spiro atoms. The van der Waals surface area contributed by atoms with Gasteiger partial charge in [0.15, 0.2) is 5.82 Å². The van der Waals surface area contributed by atoms with Crippen LogP contribution in [0, 0.1) is 10.1 Å². The predicted molar refractivity (Wildman–Crippen MR) is 134 cm³/mol. The summed E-state index contributed by atoms with van der Waals surface area (Å²) in [6.45, 7) is 0.673. The molecule has 0 bridgehead atoms. The summed E-state index contributed by atoms with van der Waals surface area (Å²) < 4.78 is 29.8. The molecule has 2 heterocycles. The molecule has 3 aromatic rings. The van der Waals surface area contributed by atoms with Crippen LogP contribution in [0.3, 0.4) is 0 Å². The van der Waals surface area contributed by atoms with E-state index >= 15 is 0 Å². The van der Waals surface area contributed by atoms with Gasteiger partial charge in [-0.2, -0.15) is 0 Å². The lowest BCUT2D eigenvalue weighted by molar-refractivity contribution is -0.385. The minimum Gasteiger partial charge on any atom is -0.420 e. The molecule has 1 saturated heterocycles. The number of β-amino-alcohol motifs (C(OH)–C–C–N with tert-alkyl or cyclic N) is 1. The second kappa shape index (κ2) is 10.9. The van der Waals surface area contributed by atoms with Crippen molar-refractivity contribution in [3.8, 4) is 5.75 Å². The fraction of sp³-hybridized carbons (Fsp3) is 0.208. The average molecular weight is 548 g/mol. The van der Waals surface area contributed by atoms with Crippen molar-refractivity contribution in [1.29, 1.82) is 0 Å². The SMILES string of the molecule is O=C(Nc1ccc(OC(F)(F)Cl)cc1)c1cnc(N2CCC(O)C2)c(NC(=O)c2ccccc2[N+](=O)[O-])c1. The molecule has 38 heavy (non-hydrogen) atoms. The van der Waals surface area contributed by atoms with Gasteiger partial charge in [0.25, 0.3) is 17.5 Å². The third-order valence-electron chi connectivity index (χ3n) is 5.53. The number of hydrogen-bond acceptors (Lipinski definition) is 8. The summed E-state index contributed by atoms with van der Waals surface area (Å²) in [5.41, 5.74) is -4.10. The van der Waals surface area contributed by atoms with Gasteiger partial charge in [-0.1, -0.05) is 12.1 Å². The summed E-state index contributed by atoms with van der Waals surface area (Å²) in [4.78, 5) is 42.6. The van der Waals surface area contributed by atoms with Crippen molar-refractivity contribution >= 4 is 46.3 Å². The third-order valence-corrected chi connectivity index (χ3v) is 5.61. The fourth-order valence-corrected chi connectivity index (χ4v) is 3.91. The zero-order valence-electron chi connectivity index (χ0n) is 19.4. The van der Waals surface area contributed by atoms with Gasteiger partial charge in [0.05, 0.1) is 22.3 Å². The van der Waals surface area contributed by atoms with Crippen LogP contribution in [0.2, 0.25) is 0 Å². The molecule has 14 heteroatoms. The van der Waals surface area contributed by atoms with Crippen LogP contribution >= 0.6 is 11.6 Å². The minimum atomic E-state index is -3.88. The van der Waals surface area contributed by atoms with Gasteiger partial charge in [0.2, 0.25) is 0 Å². The van der Waals surface area contributed by atoms with E-state index in [1.165, 1.54) is 60.8 Å². The molecular formula is C24H20ClF2N5O6. The van der Waals surface area contributed by atoms with Gasteiger partial charge in [-0.25, -0.2) is 4.98 Å². The number of nitrogens with zero attached hydrogens (tertiary/aromatic N) is 3. The zero-order chi connectivity index (χ0) is 27.4. The number of hydrogen-bond donors (Lipinski definition) is 3. The van der Waals surface area contributed by atoms with E-state index in [2.05, 4.69) is 20.4 Å². The van der Waals surface area contributed by atoms with Crippen LogP contribution in [0.15, 0.2) is 60.8 Å². The molecule has 1 aliphatic heterocycles. The lowest BCUT2D eigenvalue weighted by atomic mass is 10.1. The fourth-order valence-electron chi connectivity index (χ4n) is 3.82. The molecule has 1 atom stereocenters. The molecule has 2 aromatic carbocycles. The Balaban J connectivity index is 1.59. The van der Waals surface area contributed by atoms with E-state index in [-0.39, 0.29) is 40.6 Å². The Morgan fingerprint density at radius 2 is 1.87 bits per heavy atom. The Morgan fingerprint density at radius 3 is 2.50 bits per heavy atom. The van der Waals surface area contributed by atoms with Gasteiger partial charge in [-0.3, -0.25) is 19.7 Å². The van der Waals surface area contributed by atoms with Crippen LogP contribution in [-0.4, -0.2) is 51.6 Å². The second-order valence-electron chi connectivity index (χ2n) is 8.24. The van der Waals surface area contributed by atoms with Gasteiger partial charge in [0, 0.05) is 42.6 Å². The Bertz CT molecular complexity index is 1370. The molecule has 11 nitrogen and oxygen atoms in total. The number of amides is 2. The Kier molecular flexibility index (Phi) is 7.69. The Labute approximate surface area is 219 Å². The summed E-state index contributed by atoms with van der Waals surface area (Å²) in [5, 5.41) is 26.5. The number of nitro benzene ring substituents is 1. The highest BCUT2D eigenvalue weighted by atomic mass is 35.5. The zero-order valence-corrected chi connectivity index (χ0v) is 20.2. The standard InChI is InChI=1S/C24H20ClF2N5O6/c25-24(26,27)38-17-7-5-15(6-8-17)29-22(34)14-11-19(21(28-12-14)31-10-9-16(33)13-31)30-23(35)18-3-1-2-4-20(18)32(36)37/h1-8,11-12,16,33H,9-10,13H2,(H,29,34)(H,30,35). The number of alkyl halides is 3. The maximum absolute atomic E-state index is 13.0. The lowest BCUT2D eigenvalue weighted by Crippen LogP contribution is -2.25. The van der Waals surface area contributed by atoms with Crippen LogP contribution in [-0.2, 0) is 0 Å². The van der Waals surface area contributed by atoms with Crippen molar-refractivity contribution in [2.75, 3.05) is 28.6 Å². The number of aromatic nitrogens is 1. The minimum absolute atomic E-state index is 0.0268. The number of pyridine rings is 1. The first-order valence-corrected chi connectivity index (χ1v) is 11.5. The summed E-state index contributed by atoms with van der Waals surface area (Å²) in [6.07, 6.45) is 1.13. The second-order valence-corrected chi connectivity index (χ2v) is 8.68. The molecule has 0 saturated carbocycles. The summed E-state index contributed by atoms with van der Waals surface area (Å²) in [7, 11) is 0. The molecule has 2 amide bonds. The number of aliphatic hydroxyl groups excluding tert-OH is 1. The van der Waals surface area contributed by atoms with E-state index in [0.717, 1.165) is 0 Å². The number of carbonyl (C=O) groups excluding carboxylic acids is 2. The van der Waals surface area contributed by atoms with Gasteiger partial charge in [-0.05, 0) is 42.8 Å². The molecular weight excluding hydrogens is 528 g/mol. The number of para-hydroxylation sites is 1. The van der Waals surface area contributed by atoms with Gasteiger partial charge in [-0.15, -0.1) is 8.78 Å². The topological polar surface area (TPSA) is 147 Å². The van der Waals surface area contributed by atoms with Crippen molar-refractivity contribution in [2.24, 2.45) is 0 Å². The van der Waals surface area contributed by atoms with Crippen molar-refractivity contribution in [1.82, 2.24) is 4.98 Å². The first kappa shape index (κ1) is 26.7. The highest BCUT2D eigenvalue weighted by Crippen LogP contribution is 2.30. The molecule has 1 unspecified atom stereocenters. The van der Waals surface area contributed by atoms with Gasteiger partial charge in [0.1, 0.15) is 11.3 Å². The average Bonchev–Trinajstić information content (AvgIpc) is 3.30. The van der Waals surface area contributed by atoms with Crippen molar-refractivity contribution < 1.29 is 33.1 Å². The number of carbonyl (C=O) groups is 2. The van der Waals surface area contributed by atoms with Gasteiger partial charge < -0.3 is 25.4 Å². The number of nitrogens with one attached hydrogen (secondary N) is 2. The molecule has 3 N–H and O–H groups in total. The van der Waals surface area contributed by atoms with E-state index in [1.807, 2.05) is 0 Å². The van der Waals surface area contributed by atoms with E-state index in [0.29, 0.717) is 13.0 Å². The highest BCUT2D eigenvalue weighted by molar-refractivity contribution is 6.20. The quantitative estimate of drug-likeness (QED) is 0.216. The smallest absolute Gasteiger partial charge is 0.420 e. The number of ether oxygens (including phenoxy) is 1. The normalized spacial score (nSPS) is 15.2. The monoisotopic (exact) mass is 547 g/mol. The highest BCUT2D eigenvalue weighted by Gasteiger charge is 2.28. The van der Waals surface area contributed by atoms with Crippen LogP contribution in [0.25, 0.3) is 0 Å². The maximum atomic E-state index is 13.0. The number of halogens is 3. The summed E-state index contributed by atoms with van der Waals surface area (Å²) >= 11 is 4.74. The molecule has 0 radical (unpaired) electrons. The first-order valence-electron chi connectivity index (χ1n) is 11.1. The van der Waals surface area contributed by atoms with Crippen LogP contribution < -0.4 is 20.3 Å². The van der Waals surface area contributed by atoms with Crippen molar-refractivity contribution in [2.45, 2.75) is 18.1 Å². The number of aliphatic hydroxyl groups is 1. The molecule has 1 aliphatic rings. The number of benzene rings is 2. The Hall–Kier alpha value is -4.36. The van der Waals surface area contributed by atoms with Crippen molar-refractivity contribution in [3.63, 3.8) is 0 Å². The van der Waals surface area contributed by atoms with E-state index in [9.17, 15) is 33.6 Å². The summed E-state index contributed by atoms with van der Waals surface area (Å²) in [5.74, 6) is -1.37. The van der Waals surface area contributed by atoms with E-state index in [1.54, 1.807) is 4.90 Å². The molecule has 198 valence electrons. The molecule has 1 aromatic heterocycles. The lowest BCUT2D eigenvalue weighted by Gasteiger charge is -2.21. The molecule has 1 fully saturated rings. The summed E-state index contributed by atoms with van der Waals surface area (Å²) in [6, 6.07) is 11.8. The van der Waals surface area contributed by atoms with Crippen LogP contribution in [0.1, 0.15) is 27.1 Å². The first-order chi connectivity index (χ1) is 18.0. The number of rotatable bonds is 8.